The first kappa shape index (κ1) is 18.8. The average molecular weight is 382 g/mol. The third-order valence-electron chi connectivity index (χ3n) is 3.77. The van der Waals surface area contributed by atoms with Gasteiger partial charge in [-0.2, -0.15) is 8.78 Å². The maximum atomic E-state index is 13.7. The van der Waals surface area contributed by atoms with Gasteiger partial charge in [-0.25, -0.2) is 9.18 Å². The van der Waals surface area contributed by atoms with E-state index >= 15 is 0 Å². The van der Waals surface area contributed by atoms with E-state index in [0.29, 0.717) is 29.0 Å². The van der Waals surface area contributed by atoms with Gasteiger partial charge in [0.25, 0.3) is 0 Å². The number of carbonyl (C=O) groups is 1. The first-order chi connectivity index (χ1) is 13.0. The Morgan fingerprint density at radius 1 is 1.22 bits per heavy atom. The Kier molecular flexibility index (Phi) is 6.02. The zero-order chi connectivity index (χ0) is 19.2. The molecule has 0 saturated carbocycles. The molecule has 0 aromatic heterocycles. The number of hydrogen-bond donors (Lipinski definition) is 2. The number of urea groups is 1. The number of benzene rings is 2. The van der Waals surface area contributed by atoms with Gasteiger partial charge in [-0.3, -0.25) is 0 Å². The SMILES string of the molecule is O=C(NCCc1cc(F)cc2c1OCOC2)Nc1ccc(OC(F)F)cc1. The normalized spacial score (nSPS) is 12.9. The molecule has 2 N–H and O–H groups in total. The lowest BCUT2D eigenvalue weighted by Crippen LogP contribution is -2.30. The monoisotopic (exact) mass is 382 g/mol. The smallest absolute Gasteiger partial charge is 0.387 e. The topological polar surface area (TPSA) is 68.8 Å². The first-order valence-corrected chi connectivity index (χ1v) is 8.13. The van der Waals surface area contributed by atoms with E-state index in [0.717, 1.165) is 0 Å². The fourth-order valence-electron chi connectivity index (χ4n) is 2.65. The van der Waals surface area contributed by atoms with Crippen LogP contribution < -0.4 is 20.1 Å². The van der Waals surface area contributed by atoms with Crippen LogP contribution in [0.5, 0.6) is 11.5 Å². The molecule has 0 bridgehead atoms. The molecule has 0 fully saturated rings. The quantitative estimate of drug-likeness (QED) is 0.800. The highest BCUT2D eigenvalue weighted by atomic mass is 19.3. The number of anilines is 1. The summed E-state index contributed by atoms with van der Waals surface area (Å²) in [5.74, 6) is 0.184. The molecule has 3 rings (SSSR count). The van der Waals surface area contributed by atoms with E-state index in [-0.39, 0.29) is 25.7 Å². The number of halogens is 3. The van der Waals surface area contributed by atoms with Gasteiger partial charge in [0, 0.05) is 17.8 Å². The molecule has 9 heteroatoms. The highest BCUT2D eigenvalue weighted by molar-refractivity contribution is 5.89. The molecule has 2 amide bonds. The van der Waals surface area contributed by atoms with Crippen molar-refractivity contribution in [3.8, 4) is 11.5 Å². The van der Waals surface area contributed by atoms with Crippen LogP contribution >= 0.6 is 0 Å². The molecule has 1 aliphatic rings. The van der Waals surface area contributed by atoms with Gasteiger partial charge >= 0.3 is 12.6 Å². The summed E-state index contributed by atoms with van der Waals surface area (Å²) in [5.41, 5.74) is 1.69. The predicted molar refractivity (Wildman–Crippen MR) is 90.5 cm³/mol. The summed E-state index contributed by atoms with van der Waals surface area (Å²) in [6.45, 7) is -2.28. The van der Waals surface area contributed by atoms with Crippen molar-refractivity contribution in [2.45, 2.75) is 19.6 Å². The third kappa shape index (κ3) is 5.27. The van der Waals surface area contributed by atoms with E-state index in [4.69, 9.17) is 9.47 Å². The number of alkyl halides is 2. The molecule has 6 nitrogen and oxygen atoms in total. The van der Waals surface area contributed by atoms with Crippen LogP contribution in [0.1, 0.15) is 11.1 Å². The van der Waals surface area contributed by atoms with Crippen molar-refractivity contribution in [3.63, 3.8) is 0 Å². The number of hydrogen-bond acceptors (Lipinski definition) is 4. The summed E-state index contributed by atoms with van der Waals surface area (Å²) in [6, 6.07) is 7.76. The van der Waals surface area contributed by atoms with Crippen molar-refractivity contribution in [2.24, 2.45) is 0 Å². The maximum Gasteiger partial charge on any atom is 0.387 e. The minimum Gasteiger partial charge on any atom is -0.467 e. The molecule has 144 valence electrons. The number of fused-ring (bicyclic) bond motifs is 1. The highest BCUT2D eigenvalue weighted by Crippen LogP contribution is 2.29. The van der Waals surface area contributed by atoms with Gasteiger partial charge in [-0.1, -0.05) is 0 Å². The Morgan fingerprint density at radius 3 is 2.74 bits per heavy atom. The van der Waals surface area contributed by atoms with Crippen molar-refractivity contribution in [2.75, 3.05) is 18.7 Å². The minimum atomic E-state index is -2.91. The van der Waals surface area contributed by atoms with Crippen molar-refractivity contribution in [1.82, 2.24) is 5.32 Å². The average Bonchev–Trinajstić information content (AvgIpc) is 2.63. The fraction of sp³-hybridized carbons (Fsp3) is 0.278. The maximum absolute atomic E-state index is 13.7. The Bertz CT molecular complexity index is 800. The lowest BCUT2D eigenvalue weighted by Gasteiger charge is -2.21. The van der Waals surface area contributed by atoms with Crippen molar-refractivity contribution in [1.29, 1.82) is 0 Å². The summed E-state index contributed by atoms with van der Waals surface area (Å²) in [5, 5.41) is 5.21. The van der Waals surface area contributed by atoms with Crippen LogP contribution in [-0.4, -0.2) is 26.0 Å². The summed E-state index contributed by atoms with van der Waals surface area (Å²) >= 11 is 0. The largest absolute Gasteiger partial charge is 0.467 e. The van der Waals surface area contributed by atoms with Crippen molar-refractivity contribution < 1.29 is 32.2 Å². The molecule has 27 heavy (non-hydrogen) atoms. The van der Waals surface area contributed by atoms with Crippen molar-refractivity contribution in [3.05, 3.63) is 53.3 Å². The molecule has 2 aromatic carbocycles. The zero-order valence-electron chi connectivity index (χ0n) is 14.1. The molecule has 1 aliphatic heterocycles. The molecule has 1 heterocycles. The lowest BCUT2D eigenvalue weighted by atomic mass is 10.1. The van der Waals surface area contributed by atoms with Gasteiger partial charge in [0.05, 0.1) is 6.61 Å². The number of nitrogens with one attached hydrogen (secondary N) is 2. The number of carbonyl (C=O) groups excluding carboxylic acids is 1. The predicted octanol–water partition coefficient (Wildman–Crippen LogP) is 3.66. The van der Waals surface area contributed by atoms with Gasteiger partial charge in [-0.05, 0) is 48.4 Å². The van der Waals surface area contributed by atoms with E-state index in [9.17, 15) is 18.0 Å². The van der Waals surface area contributed by atoms with Crippen LogP contribution in [0.15, 0.2) is 36.4 Å². The minimum absolute atomic E-state index is 0.00387. The standard InChI is InChI=1S/C18H17F3N2O4/c19-13-7-11(16-12(8-13)9-25-10-26-16)5-6-22-18(24)23-14-1-3-15(4-2-14)27-17(20)21/h1-4,7-8,17H,5-6,9-10H2,(H2,22,23,24). The molecule has 0 atom stereocenters. The van der Waals surface area contributed by atoms with E-state index < -0.39 is 18.5 Å². The van der Waals surface area contributed by atoms with Crippen LogP contribution in [-0.2, 0) is 17.8 Å². The Labute approximate surface area is 153 Å². The molecule has 0 radical (unpaired) electrons. The molecular formula is C18H17F3N2O4. The summed E-state index contributed by atoms with van der Waals surface area (Å²) in [6.07, 6.45) is 0.370. The molecular weight excluding hydrogens is 365 g/mol. The Hall–Kier alpha value is -2.94. The van der Waals surface area contributed by atoms with Gasteiger partial charge < -0.3 is 24.8 Å². The van der Waals surface area contributed by atoms with Crippen LogP contribution in [0, 0.1) is 5.82 Å². The first-order valence-electron chi connectivity index (χ1n) is 8.13. The second kappa shape index (κ2) is 8.63. The number of ether oxygens (including phenoxy) is 3. The van der Waals surface area contributed by atoms with Crippen LogP contribution in [0.2, 0.25) is 0 Å². The number of amides is 2. The van der Waals surface area contributed by atoms with Gasteiger partial charge in [0.1, 0.15) is 17.3 Å². The van der Waals surface area contributed by atoms with E-state index in [1.165, 1.54) is 36.4 Å². The third-order valence-corrected chi connectivity index (χ3v) is 3.77. The molecule has 0 spiro atoms. The van der Waals surface area contributed by atoms with Gasteiger partial charge in [0.2, 0.25) is 0 Å². The molecule has 0 saturated heterocycles. The van der Waals surface area contributed by atoms with Crippen LogP contribution in [0.25, 0.3) is 0 Å². The molecule has 2 aromatic rings. The lowest BCUT2D eigenvalue weighted by molar-refractivity contribution is -0.0498. The summed E-state index contributed by atoms with van der Waals surface area (Å²) in [4.78, 5) is 11.9. The van der Waals surface area contributed by atoms with Crippen LogP contribution in [0.4, 0.5) is 23.7 Å². The Balaban J connectivity index is 1.51. The van der Waals surface area contributed by atoms with E-state index in [2.05, 4.69) is 15.4 Å². The molecule has 0 unspecified atom stereocenters. The second-order valence-corrected chi connectivity index (χ2v) is 5.70. The second-order valence-electron chi connectivity index (χ2n) is 5.70. The zero-order valence-corrected chi connectivity index (χ0v) is 14.1. The van der Waals surface area contributed by atoms with E-state index in [1.807, 2.05) is 0 Å². The fourth-order valence-corrected chi connectivity index (χ4v) is 2.65. The number of rotatable bonds is 6. The molecule has 0 aliphatic carbocycles. The Morgan fingerprint density at radius 2 is 2.00 bits per heavy atom. The highest BCUT2D eigenvalue weighted by Gasteiger charge is 2.17. The van der Waals surface area contributed by atoms with Crippen LogP contribution in [0.3, 0.4) is 0 Å². The summed E-state index contributed by atoms with van der Waals surface area (Å²) in [7, 11) is 0. The van der Waals surface area contributed by atoms with Gasteiger partial charge in [0.15, 0.2) is 6.79 Å². The van der Waals surface area contributed by atoms with Crippen molar-refractivity contribution >= 4 is 11.7 Å². The van der Waals surface area contributed by atoms with Gasteiger partial charge in [-0.15, -0.1) is 0 Å². The van der Waals surface area contributed by atoms with E-state index in [1.54, 1.807) is 0 Å². The summed E-state index contributed by atoms with van der Waals surface area (Å²) < 4.78 is 52.6.